The summed E-state index contributed by atoms with van der Waals surface area (Å²) >= 11 is 6.08. The molecule has 26 heavy (non-hydrogen) atoms. The van der Waals surface area contributed by atoms with Crippen LogP contribution in [0.4, 0.5) is 5.69 Å². The summed E-state index contributed by atoms with van der Waals surface area (Å²) in [6.45, 7) is 5.74. The van der Waals surface area contributed by atoms with Crippen molar-refractivity contribution in [2.24, 2.45) is 0 Å². The van der Waals surface area contributed by atoms with Gasteiger partial charge in [-0.2, -0.15) is 4.31 Å². The van der Waals surface area contributed by atoms with Gasteiger partial charge in [0.05, 0.1) is 28.2 Å². The van der Waals surface area contributed by atoms with Crippen molar-refractivity contribution in [2.75, 3.05) is 32.0 Å². The fraction of sp³-hybridized carbons (Fsp3) is 0.500. The van der Waals surface area contributed by atoms with Crippen LogP contribution in [-0.4, -0.2) is 57.3 Å². The van der Waals surface area contributed by atoms with Crippen molar-refractivity contribution in [3.05, 3.63) is 23.2 Å². The Morgan fingerprint density at radius 3 is 2.38 bits per heavy atom. The van der Waals surface area contributed by atoms with E-state index in [9.17, 15) is 18.0 Å². The van der Waals surface area contributed by atoms with Crippen LogP contribution in [0.2, 0.25) is 5.02 Å². The van der Waals surface area contributed by atoms with E-state index in [1.807, 2.05) is 0 Å². The summed E-state index contributed by atoms with van der Waals surface area (Å²) in [6.07, 6.45) is 0. The summed E-state index contributed by atoms with van der Waals surface area (Å²) in [6, 6.07) is 3.49. The van der Waals surface area contributed by atoms with Gasteiger partial charge < -0.3 is 10.6 Å². The Labute approximate surface area is 159 Å². The van der Waals surface area contributed by atoms with Crippen LogP contribution in [-0.2, 0) is 19.6 Å². The molecular weight excluding hydrogens is 380 g/mol. The first-order valence-electron chi connectivity index (χ1n) is 8.21. The number of amides is 2. The van der Waals surface area contributed by atoms with Crippen molar-refractivity contribution in [2.45, 2.75) is 31.7 Å². The van der Waals surface area contributed by atoms with Crippen LogP contribution in [0.25, 0.3) is 0 Å². The van der Waals surface area contributed by atoms with E-state index in [0.29, 0.717) is 13.1 Å². The number of hydrogen-bond acceptors (Lipinski definition) is 5. The average molecular weight is 405 g/mol. The van der Waals surface area contributed by atoms with Crippen LogP contribution in [0, 0.1) is 0 Å². The maximum absolute atomic E-state index is 12.6. The van der Waals surface area contributed by atoms with Gasteiger partial charge in [0.15, 0.2) is 0 Å². The smallest absolute Gasteiger partial charge is 0.243 e. The number of nitrogens with one attached hydrogen (secondary N) is 3. The summed E-state index contributed by atoms with van der Waals surface area (Å²) in [4.78, 5) is 23.5. The summed E-state index contributed by atoms with van der Waals surface area (Å²) in [7, 11) is -2.17. The molecule has 1 aromatic rings. The van der Waals surface area contributed by atoms with Gasteiger partial charge in [-0.3, -0.25) is 14.9 Å². The highest BCUT2D eigenvalue weighted by Gasteiger charge is 2.23. The van der Waals surface area contributed by atoms with Gasteiger partial charge in [-0.1, -0.05) is 25.4 Å². The van der Waals surface area contributed by atoms with E-state index < -0.39 is 22.0 Å². The van der Waals surface area contributed by atoms with E-state index >= 15 is 0 Å². The molecule has 0 aliphatic rings. The Morgan fingerprint density at radius 2 is 1.85 bits per heavy atom. The monoisotopic (exact) mass is 404 g/mol. The molecule has 146 valence electrons. The van der Waals surface area contributed by atoms with Crippen molar-refractivity contribution in [1.29, 1.82) is 0 Å². The topological polar surface area (TPSA) is 108 Å². The minimum absolute atomic E-state index is 0.0187. The lowest BCUT2D eigenvalue weighted by Crippen LogP contribution is -2.43. The second-order valence-corrected chi connectivity index (χ2v) is 7.84. The van der Waals surface area contributed by atoms with Crippen molar-refractivity contribution in [3.63, 3.8) is 0 Å². The fourth-order valence-electron chi connectivity index (χ4n) is 2.14. The second-order valence-electron chi connectivity index (χ2n) is 5.50. The number of rotatable bonds is 9. The first-order chi connectivity index (χ1) is 12.2. The van der Waals surface area contributed by atoms with Gasteiger partial charge in [-0.05, 0) is 25.1 Å². The van der Waals surface area contributed by atoms with Crippen LogP contribution in [0.15, 0.2) is 23.1 Å². The van der Waals surface area contributed by atoms with E-state index in [4.69, 9.17) is 11.6 Å². The largest absolute Gasteiger partial charge is 0.358 e. The lowest BCUT2D eigenvalue weighted by atomic mass is 10.2. The molecule has 0 aliphatic carbocycles. The summed E-state index contributed by atoms with van der Waals surface area (Å²) in [5.74, 6) is -0.691. The van der Waals surface area contributed by atoms with Gasteiger partial charge in [-0.15, -0.1) is 0 Å². The Hall–Kier alpha value is -1.68. The number of benzene rings is 1. The summed E-state index contributed by atoms with van der Waals surface area (Å²) in [5, 5.41) is 8.01. The molecule has 0 saturated heterocycles. The molecule has 0 saturated carbocycles. The first kappa shape index (κ1) is 22.4. The molecule has 3 N–H and O–H groups in total. The Balaban J connectivity index is 2.97. The van der Waals surface area contributed by atoms with Crippen LogP contribution in [0.5, 0.6) is 0 Å². The zero-order chi connectivity index (χ0) is 19.9. The molecule has 1 atom stereocenters. The lowest BCUT2D eigenvalue weighted by molar-refractivity contribution is -0.120. The number of hydrogen-bond donors (Lipinski definition) is 3. The molecule has 0 unspecified atom stereocenters. The number of carbonyl (C=O) groups is 2. The van der Waals surface area contributed by atoms with Crippen LogP contribution in [0.3, 0.4) is 0 Å². The number of likely N-dealkylation sites (N-methyl/N-ethyl adjacent to an activating group) is 1. The van der Waals surface area contributed by atoms with Gasteiger partial charge >= 0.3 is 0 Å². The zero-order valence-corrected chi connectivity index (χ0v) is 16.9. The molecule has 0 aliphatic heterocycles. The molecule has 0 bridgehead atoms. The van der Waals surface area contributed by atoms with Crippen molar-refractivity contribution in [3.8, 4) is 0 Å². The average Bonchev–Trinajstić information content (AvgIpc) is 2.61. The van der Waals surface area contributed by atoms with E-state index in [1.54, 1.807) is 20.8 Å². The molecule has 0 spiro atoms. The van der Waals surface area contributed by atoms with Crippen molar-refractivity contribution in [1.82, 2.24) is 14.9 Å². The zero-order valence-electron chi connectivity index (χ0n) is 15.3. The van der Waals surface area contributed by atoms with E-state index in [-0.39, 0.29) is 28.1 Å². The minimum Gasteiger partial charge on any atom is -0.358 e. The van der Waals surface area contributed by atoms with Crippen LogP contribution in [0.1, 0.15) is 20.8 Å². The molecule has 0 aromatic heterocycles. The number of carbonyl (C=O) groups excluding carboxylic acids is 2. The van der Waals surface area contributed by atoms with Gasteiger partial charge in [0, 0.05) is 20.1 Å². The molecule has 0 radical (unpaired) electrons. The van der Waals surface area contributed by atoms with E-state index in [0.717, 1.165) is 0 Å². The molecule has 2 amide bonds. The number of halogens is 1. The highest BCUT2D eigenvalue weighted by Crippen LogP contribution is 2.27. The van der Waals surface area contributed by atoms with Gasteiger partial charge in [0.2, 0.25) is 21.8 Å². The molecular formula is C16H25ClN4O4S. The molecule has 1 aromatic carbocycles. The molecule has 8 nitrogen and oxygen atoms in total. The maximum Gasteiger partial charge on any atom is 0.243 e. The van der Waals surface area contributed by atoms with Crippen molar-refractivity contribution < 1.29 is 18.0 Å². The van der Waals surface area contributed by atoms with Gasteiger partial charge in [0.25, 0.3) is 0 Å². The quantitative estimate of drug-likeness (QED) is 0.569. The first-order valence-corrected chi connectivity index (χ1v) is 10.0. The van der Waals surface area contributed by atoms with Crippen molar-refractivity contribution >= 4 is 39.1 Å². The number of sulfonamides is 1. The van der Waals surface area contributed by atoms with Gasteiger partial charge in [0.1, 0.15) is 0 Å². The molecule has 1 rings (SSSR count). The lowest BCUT2D eigenvalue weighted by Gasteiger charge is -2.19. The highest BCUT2D eigenvalue weighted by atomic mass is 35.5. The number of anilines is 1. The number of nitrogens with zero attached hydrogens (tertiary/aromatic N) is 1. The third kappa shape index (κ3) is 5.66. The predicted molar refractivity (Wildman–Crippen MR) is 102 cm³/mol. The predicted octanol–water partition coefficient (Wildman–Crippen LogP) is 1.03. The Morgan fingerprint density at radius 1 is 1.23 bits per heavy atom. The van der Waals surface area contributed by atoms with E-state index in [2.05, 4.69) is 16.0 Å². The highest BCUT2D eigenvalue weighted by molar-refractivity contribution is 7.89. The molecule has 10 heteroatoms. The maximum atomic E-state index is 12.6. The molecule has 0 heterocycles. The Kier molecular flexibility index (Phi) is 8.48. The van der Waals surface area contributed by atoms with Crippen LogP contribution < -0.4 is 16.0 Å². The summed E-state index contributed by atoms with van der Waals surface area (Å²) in [5.41, 5.74) is 0.193. The van der Waals surface area contributed by atoms with E-state index in [1.165, 1.54) is 29.6 Å². The standard InChI is InChI=1S/C16H25ClN4O4S/c1-5-21(6-2)26(24,25)12-7-8-13(17)14(9-12)20-16(23)11(3)19-10-15(22)18-4/h7-9,11,19H,5-6,10H2,1-4H3,(H,18,22)(H,20,23)/t11-/m0/s1. The fourth-order valence-corrected chi connectivity index (χ4v) is 3.79. The summed E-state index contributed by atoms with van der Waals surface area (Å²) < 4.78 is 26.5. The third-order valence-corrected chi connectivity index (χ3v) is 6.16. The second kappa shape index (κ2) is 9.86. The SMILES string of the molecule is CCN(CC)S(=O)(=O)c1ccc(Cl)c(NC(=O)[C@H](C)NCC(=O)NC)c1. The third-order valence-electron chi connectivity index (χ3n) is 3.78. The van der Waals surface area contributed by atoms with Crippen LogP contribution >= 0.6 is 11.6 Å². The molecule has 0 fully saturated rings. The normalized spacial score (nSPS) is 12.7. The van der Waals surface area contributed by atoms with Gasteiger partial charge in [-0.25, -0.2) is 8.42 Å². The Bertz CT molecular complexity index is 751. The minimum atomic E-state index is -3.67.